The van der Waals surface area contributed by atoms with Gasteiger partial charge in [-0.2, -0.15) is 0 Å². The van der Waals surface area contributed by atoms with E-state index in [9.17, 15) is 4.79 Å². The van der Waals surface area contributed by atoms with Gasteiger partial charge >= 0.3 is 6.03 Å². The topological polar surface area (TPSA) is 67.2 Å². The Morgan fingerprint density at radius 1 is 1.42 bits per heavy atom. The van der Waals surface area contributed by atoms with Crippen molar-refractivity contribution in [1.82, 2.24) is 5.32 Å². The first-order valence-electron chi connectivity index (χ1n) is 7.02. The first-order chi connectivity index (χ1) is 9.10. The molecule has 0 spiro atoms. The first kappa shape index (κ1) is 13.9. The zero-order valence-electron chi connectivity index (χ0n) is 11.6. The number of urea groups is 1. The second kappa shape index (κ2) is 6.06. The van der Waals surface area contributed by atoms with Gasteiger partial charge in [-0.3, -0.25) is 0 Å². The molecule has 1 aliphatic carbocycles. The van der Waals surface area contributed by atoms with Crippen molar-refractivity contribution in [3.8, 4) is 0 Å². The van der Waals surface area contributed by atoms with Crippen LogP contribution in [0.25, 0.3) is 0 Å². The highest BCUT2D eigenvalue weighted by Gasteiger charge is 2.36. The monoisotopic (exact) mass is 261 g/mol. The third-order valence-corrected chi connectivity index (χ3v) is 3.72. The number of primary amides is 1. The predicted octanol–water partition coefficient (Wildman–Crippen LogP) is 3.02. The average Bonchev–Trinajstić information content (AvgIpc) is 3.08. The largest absolute Gasteiger partial charge is 0.351 e. The number of benzene rings is 1. The minimum atomic E-state index is -0.528. The first-order valence-corrected chi connectivity index (χ1v) is 7.02. The number of hydrogen-bond acceptors (Lipinski definition) is 2. The molecule has 1 aliphatic rings. The van der Waals surface area contributed by atoms with Crippen molar-refractivity contribution in [2.24, 2.45) is 11.7 Å². The van der Waals surface area contributed by atoms with Gasteiger partial charge in [0.2, 0.25) is 0 Å². The highest BCUT2D eigenvalue weighted by atomic mass is 16.2. The lowest BCUT2D eigenvalue weighted by molar-refractivity contribution is 0.259. The number of hydrogen-bond donors (Lipinski definition) is 3. The quantitative estimate of drug-likeness (QED) is 0.737. The molecular formula is C15H23N3O. The molecule has 1 aromatic carbocycles. The fourth-order valence-corrected chi connectivity index (χ4v) is 2.56. The van der Waals surface area contributed by atoms with Gasteiger partial charge in [0.15, 0.2) is 0 Å². The Kier molecular flexibility index (Phi) is 4.43. The van der Waals surface area contributed by atoms with Gasteiger partial charge in [-0.05, 0) is 43.4 Å². The summed E-state index contributed by atoms with van der Waals surface area (Å²) in [5.41, 5.74) is 7.05. The van der Waals surface area contributed by atoms with Gasteiger partial charge < -0.3 is 16.4 Å². The Labute approximate surface area is 114 Å². The minimum Gasteiger partial charge on any atom is -0.351 e. The molecule has 1 saturated carbocycles. The van der Waals surface area contributed by atoms with Crippen molar-refractivity contribution in [3.63, 3.8) is 0 Å². The zero-order chi connectivity index (χ0) is 13.8. The van der Waals surface area contributed by atoms with Crippen molar-refractivity contribution in [2.45, 2.75) is 45.2 Å². The molecule has 104 valence electrons. The normalized spacial score (nSPS) is 22.8. The fourth-order valence-electron chi connectivity index (χ4n) is 2.56. The summed E-state index contributed by atoms with van der Waals surface area (Å²) < 4.78 is 0. The van der Waals surface area contributed by atoms with Gasteiger partial charge in [0.05, 0.1) is 0 Å². The highest BCUT2D eigenvalue weighted by Crippen LogP contribution is 2.36. The highest BCUT2D eigenvalue weighted by molar-refractivity contribution is 5.87. The Hall–Kier alpha value is -1.55. The molecule has 0 saturated heterocycles. The number of nitrogens with two attached hydrogens (primary N) is 1. The van der Waals surface area contributed by atoms with E-state index in [4.69, 9.17) is 5.73 Å². The third kappa shape index (κ3) is 3.96. The van der Waals surface area contributed by atoms with Crippen LogP contribution in [-0.4, -0.2) is 12.1 Å². The second-order valence-corrected chi connectivity index (χ2v) is 5.39. The Balaban J connectivity index is 1.86. The van der Waals surface area contributed by atoms with Crippen LogP contribution in [0.4, 0.5) is 10.5 Å². The molecule has 1 fully saturated rings. The number of anilines is 1. The molecule has 3 unspecified atom stereocenters. The summed E-state index contributed by atoms with van der Waals surface area (Å²) in [7, 11) is 0. The molecule has 4 N–H and O–H groups in total. The van der Waals surface area contributed by atoms with E-state index in [1.807, 2.05) is 24.3 Å². The number of amides is 2. The molecule has 2 rings (SSSR count). The standard InChI is InChI=1S/C15H23N3O/c1-3-4-12-9-14(12)17-10(2)11-5-7-13(8-6-11)18-15(16)19/h5-8,10,12,14,17H,3-4,9H2,1-2H3,(H3,16,18,19). The van der Waals surface area contributed by atoms with Gasteiger partial charge in [0.25, 0.3) is 0 Å². The van der Waals surface area contributed by atoms with Gasteiger partial charge in [-0.15, -0.1) is 0 Å². The van der Waals surface area contributed by atoms with Crippen molar-refractivity contribution >= 4 is 11.7 Å². The van der Waals surface area contributed by atoms with Gasteiger partial charge in [-0.1, -0.05) is 25.5 Å². The van der Waals surface area contributed by atoms with Crippen LogP contribution in [0.5, 0.6) is 0 Å². The summed E-state index contributed by atoms with van der Waals surface area (Å²) in [5, 5.41) is 6.22. The van der Waals surface area contributed by atoms with E-state index in [1.54, 1.807) is 0 Å². The van der Waals surface area contributed by atoms with E-state index >= 15 is 0 Å². The molecule has 4 nitrogen and oxygen atoms in total. The van der Waals surface area contributed by atoms with Gasteiger partial charge in [0.1, 0.15) is 0 Å². The van der Waals surface area contributed by atoms with Crippen LogP contribution in [0.2, 0.25) is 0 Å². The van der Waals surface area contributed by atoms with E-state index in [0.717, 1.165) is 11.6 Å². The van der Waals surface area contributed by atoms with E-state index in [1.165, 1.54) is 24.8 Å². The zero-order valence-corrected chi connectivity index (χ0v) is 11.6. The molecule has 0 aromatic heterocycles. The smallest absolute Gasteiger partial charge is 0.316 e. The average molecular weight is 261 g/mol. The molecule has 2 amide bonds. The summed E-state index contributed by atoms with van der Waals surface area (Å²) in [4.78, 5) is 10.7. The molecular weight excluding hydrogens is 238 g/mol. The third-order valence-electron chi connectivity index (χ3n) is 3.72. The summed E-state index contributed by atoms with van der Waals surface area (Å²) in [6.45, 7) is 4.42. The number of rotatable bonds is 6. The van der Waals surface area contributed by atoms with Gasteiger partial charge in [0, 0.05) is 17.8 Å². The van der Waals surface area contributed by atoms with Crippen LogP contribution < -0.4 is 16.4 Å². The molecule has 3 atom stereocenters. The second-order valence-electron chi connectivity index (χ2n) is 5.39. The molecule has 0 bridgehead atoms. The molecule has 0 aliphatic heterocycles. The van der Waals surface area contributed by atoms with Crippen LogP contribution in [0, 0.1) is 5.92 Å². The van der Waals surface area contributed by atoms with E-state index in [0.29, 0.717) is 12.1 Å². The number of carbonyl (C=O) groups excluding carboxylic acids is 1. The van der Waals surface area contributed by atoms with Crippen molar-refractivity contribution < 1.29 is 4.79 Å². The number of carbonyl (C=O) groups is 1. The maximum absolute atomic E-state index is 10.7. The van der Waals surface area contributed by atoms with Gasteiger partial charge in [-0.25, -0.2) is 4.79 Å². The van der Waals surface area contributed by atoms with Crippen molar-refractivity contribution in [1.29, 1.82) is 0 Å². The lowest BCUT2D eigenvalue weighted by atomic mass is 10.1. The summed E-state index contributed by atoms with van der Waals surface area (Å²) in [5.74, 6) is 0.864. The molecule has 0 radical (unpaired) electrons. The Morgan fingerprint density at radius 3 is 2.68 bits per heavy atom. The van der Waals surface area contributed by atoms with Crippen LogP contribution >= 0.6 is 0 Å². The lowest BCUT2D eigenvalue weighted by Gasteiger charge is -2.15. The van der Waals surface area contributed by atoms with E-state index in [-0.39, 0.29) is 0 Å². The Bertz CT molecular complexity index is 430. The maximum atomic E-state index is 10.7. The van der Waals surface area contributed by atoms with Crippen LogP contribution in [0.1, 0.15) is 44.7 Å². The van der Waals surface area contributed by atoms with Crippen LogP contribution in [0.3, 0.4) is 0 Å². The summed E-state index contributed by atoms with van der Waals surface area (Å²) >= 11 is 0. The Morgan fingerprint density at radius 2 is 2.11 bits per heavy atom. The van der Waals surface area contributed by atoms with Crippen molar-refractivity contribution in [2.75, 3.05) is 5.32 Å². The fraction of sp³-hybridized carbons (Fsp3) is 0.533. The minimum absolute atomic E-state index is 0.342. The predicted molar refractivity (Wildman–Crippen MR) is 78.0 cm³/mol. The summed E-state index contributed by atoms with van der Waals surface area (Å²) in [6, 6.07) is 8.32. The molecule has 19 heavy (non-hydrogen) atoms. The SMILES string of the molecule is CCCC1CC1NC(C)c1ccc(NC(N)=O)cc1. The lowest BCUT2D eigenvalue weighted by Crippen LogP contribution is -2.22. The van der Waals surface area contributed by atoms with Crippen LogP contribution in [-0.2, 0) is 0 Å². The van der Waals surface area contributed by atoms with E-state index in [2.05, 4.69) is 24.5 Å². The van der Waals surface area contributed by atoms with Crippen LogP contribution in [0.15, 0.2) is 24.3 Å². The van der Waals surface area contributed by atoms with Crippen molar-refractivity contribution in [3.05, 3.63) is 29.8 Å². The molecule has 0 heterocycles. The maximum Gasteiger partial charge on any atom is 0.316 e. The molecule has 4 heteroatoms. The van der Waals surface area contributed by atoms with E-state index < -0.39 is 6.03 Å². The summed E-state index contributed by atoms with van der Waals surface area (Å²) in [6.07, 6.45) is 3.90. The molecule has 1 aromatic rings. The number of nitrogens with one attached hydrogen (secondary N) is 2.